The molecule has 4 nitrogen and oxygen atoms in total. The van der Waals surface area contributed by atoms with Crippen LogP contribution in [0.3, 0.4) is 0 Å². The van der Waals surface area contributed by atoms with Gasteiger partial charge in [0.05, 0.1) is 29.2 Å². The third kappa shape index (κ3) is 3.36. The van der Waals surface area contributed by atoms with Crippen molar-refractivity contribution in [3.05, 3.63) is 83.4 Å². The van der Waals surface area contributed by atoms with Crippen molar-refractivity contribution < 1.29 is 18.0 Å². The van der Waals surface area contributed by atoms with Crippen LogP contribution < -0.4 is 0 Å². The zero-order valence-corrected chi connectivity index (χ0v) is 14.9. The number of hydrogen-bond acceptors (Lipinski definition) is 3. The van der Waals surface area contributed by atoms with Gasteiger partial charge in [0.25, 0.3) is 5.91 Å². The summed E-state index contributed by atoms with van der Waals surface area (Å²) in [6.07, 6.45) is -0.0964. The first-order chi connectivity index (χ1) is 13.3. The van der Waals surface area contributed by atoms with Crippen molar-refractivity contribution in [1.29, 1.82) is 0 Å². The Morgan fingerprint density at radius 3 is 2.46 bits per heavy atom. The van der Waals surface area contributed by atoms with E-state index in [2.05, 4.69) is 9.97 Å². The minimum Gasteiger partial charge on any atom is -0.282 e. The number of carbonyl (C=O) groups excluding carboxylic acids is 1. The molecule has 0 N–H and O–H groups in total. The molecule has 4 rings (SSSR count). The van der Waals surface area contributed by atoms with Crippen LogP contribution in [0.2, 0.25) is 5.02 Å². The average molecular weight is 402 g/mol. The van der Waals surface area contributed by atoms with Crippen molar-refractivity contribution in [2.24, 2.45) is 0 Å². The molecule has 0 aliphatic rings. The average Bonchev–Trinajstić information content (AvgIpc) is 3.10. The van der Waals surface area contributed by atoms with Gasteiger partial charge in [0.15, 0.2) is 0 Å². The van der Waals surface area contributed by atoms with Crippen LogP contribution in [-0.2, 0) is 6.18 Å². The number of fused-ring (bicyclic) bond motifs is 1. The van der Waals surface area contributed by atoms with Crippen LogP contribution in [0.1, 0.15) is 16.1 Å². The second kappa shape index (κ2) is 6.76. The highest BCUT2D eigenvalue weighted by Gasteiger charge is 2.30. The van der Waals surface area contributed by atoms with Crippen molar-refractivity contribution >= 4 is 28.4 Å². The standard InChI is InChI=1S/C20H11ClF3N3O/c21-15-5-6-18-13(9-15)7-8-27(18)19(28)17-11-25-10-16(26-17)12-1-3-14(4-2-12)20(22,23)24/h1-11H. The van der Waals surface area contributed by atoms with Crippen LogP contribution in [0.5, 0.6) is 0 Å². The molecule has 2 aromatic carbocycles. The van der Waals surface area contributed by atoms with Crippen LogP contribution in [0, 0.1) is 0 Å². The quantitative estimate of drug-likeness (QED) is 0.448. The highest BCUT2D eigenvalue weighted by atomic mass is 35.5. The molecule has 4 aromatic rings. The molecule has 28 heavy (non-hydrogen) atoms. The van der Waals surface area contributed by atoms with Gasteiger partial charge in [-0.25, -0.2) is 4.98 Å². The fourth-order valence-electron chi connectivity index (χ4n) is 2.85. The smallest absolute Gasteiger partial charge is 0.282 e. The summed E-state index contributed by atoms with van der Waals surface area (Å²) >= 11 is 5.97. The summed E-state index contributed by atoms with van der Waals surface area (Å²) in [6.45, 7) is 0. The van der Waals surface area contributed by atoms with Gasteiger partial charge in [-0.05, 0) is 36.4 Å². The number of rotatable bonds is 2. The number of hydrogen-bond donors (Lipinski definition) is 0. The molecule has 2 aromatic heterocycles. The summed E-state index contributed by atoms with van der Waals surface area (Å²) in [7, 11) is 0. The van der Waals surface area contributed by atoms with E-state index in [0.717, 1.165) is 17.5 Å². The van der Waals surface area contributed by atoms with Crippen LogP contribution in [0.15, 0.2) is 67.1 Å². The van der Waals surface area contributed by atoms with Gasteiger partial charge < -0.3 is 0 Å². The Balaban J connectivity index is 1.69. The molecule has 0 spiro atoms. The minimum absolute atomic E-state index is 0.0739. The number of halogens is 4. The van der Waals surface area contributed by atoms with Crippen LogP contribution in [0.25, 0.3) is 22.2 Å². The summed E-state index contributed by atoms with van der Waals surface area (Å²) in [5, 5.41) is 1.36. The monoisotopic (exact) mass is 401 g/mol. The number of alkyl halides is 3. The Morgan fingerprint density at radius 2 is 1.75 bits per heavy atom. The molecule has 0 radical (unpaired) electrons. The van der Waals surface area contributed by atoms with Crippen molar-refractivity contribution in [3.8, 4) is 11.3 Å². The summed E-state index contributed by atoms with van der Waals surface area (Å²) in [6, 6.07) is 11.4. The first kappa shape index (κ1) is 18.2. The number of carbonyl (C=O) groups is 1. The molecule has 0 fully saturated rings. The van der Waals surface area contributed by atoms with E-state index in [4.69, 9.17) is 11.6 Å². The predicted octanol–water partition coefficient (Wildman–Crippen LogP) is 5.46. The van der Waals surface area contributed by atoms with Gasteiger partial charge in [0.2, 0.25) is 0 Å². The van der Waals surface area contributed by atoms with E-state index in [9.17, 15) is 18.0 Å². The predicted molar refractivity (Wildman–Crippen MR) is 99.1 cm³/mol. The van der Waals surface area contributed by atoms with Crippen molar-refractivity contribution in [2.45, 2.75) is 6.18 Å². The maximum Gasteiger partial charge on any atom is 0.416 e. The number of nitrogens with zero attached hydrogens (tertiary/aromatic N) is 3. The molecule has 0 bridgehead atoms. The van der Waals surface area contributed by atoms with Crippen molar-refractivity contribution in [1.82, 2.24) is 14.5 Å². The number of benzene rings is 2. The van der Waals surface area contributed by atoms with Crippen LogP contribution >= 0.6 is 11.6 Å². The third-order valence-electron chi connectivity index (χ3n) is 4.23. The molecule has 140 valence electrons. The van der Waals surface area contributed by atoms with Crippen LogP contribution in [-0.4, -0.2) is 20.4 Å². The second-order valence-electron chi connectivity index (χ2n) is 6.06. The Labute approximate surface area is 162 Å². The highest BCUT2D eigenvalue weighted by Crippen LogP contribution is 2.30. The largest absolute Gasteiger partial charge is 0.416 e. The van der Waals surface area contributed by atoms with Gasteiger partial charge in [-0.1, -0.05) is 23.7 Å². The Hall–Kier alpha value is -3.19. The van der Waals surface area contributed by atoms with E-state index in [1.807, 2.05) is 0 Å². The van der Waals surface area contributed by atoms with Crippen LogP contribution in [0.4, 0.5) is 13.2 Å². The lowest BCUT2D eigenvalue weighted by atomic mass is 10.1. The van der Waals surface area contributed by atoms with Gasteiger partial charge in [0.1, 0.15) is 5.69 Å². The minimum atomic E-state index is -4.42. The van der Waals surface area contributed by atoms with Gasteiger partial charge in [0, 0.05) is 22.2 Å². The molecular weight excluding hydrogens is 391 g/mol. The molecule has 0 aliphatic heterocycles. The lowest BCUT2D eigenvalue weighted by molar-refractivity contribution is -0.137. The van der Waals surface area contributed by atoms with E-state index >= 15 is 0 Å². The van der Waals surface area contributed by atoms with E-state index in [1.54, 1.807) is 30.5 Å². The topological polar surface area (TPSA) is 47.8 Å². The zero-order chi connectivity index (χ0) is 19.9. The SMILES string of the molecule is O=C(c1cncc(-c2ccc(C(F)(F)F)cc2)n1)n1ccc2cc(Cl)ccc21. The maximum absolute atomic E-state index is 12.9. The van der Waals surface area contributed by atoms with E-state index in [-0.39, 0.29) is 5.69 Å². The van der Waals surface area contributed by atoms with Gasteiger partial charge in [-0.15, -0.1) is 0 Å². The highest BCUT2D eigenvalue weighted by molar-refractivity contribution is 6.31. The molecule has 0 aliphatic carbocycles. The molecule has 0 saturated carbocycles. The van der Waals surface area contributed by atoms with Gasteiger partial charge in [-0.3, -0.25) is 14.3 Å². The molecular formula is C20H11ClF3N3O. The molecule has 0 atom stereocenters. The number of aromatic nitrogens is 3. The summed E-state index contributed by atoms with van der Waals surface area (Å²) in [4.78, 5) is 21.1. The Bertz CT molecular complexity index is 1180. The molecule has 2 heterocycles. The second-order valence-corrected chi connectivity index (χ2v) is 6.50. The molecule has 8 heteroatoms. The first-order valence-corrected chi connectivity index (χ1v) is 8.52. The fraction of sp³-hybridized carbons (Fsp3) is 0.0500. The fourth-order valence-corrected chi connectivity index (χ4v) is 3.03. The first-order valence-electron chi connectivity index (χ1n) is 8.14. The van der Waals surface area contributed by atoms with Gasteiger partial charge in [-0.2, -0.15) is 13.2 Å². The third-order valence-corrected chi connectivity index (χ3v) is 4.47. The van der Waals surface area contributed by atoms with Crippen molar-refractivity contribution in [2.75, 3.05) is 0 Å². The van der Waals surface area contributed by atoms with E-state index < -0.39 is 17.6 Å². The maximum atomic E-state index is 12.9. The van der Waals surface area contributed by atoms with E-state index in [0.29, 0.717) is 21.8 Å². The lowest BCUT2D eigenvalue weighted by Gasteiger charge is -2.08. The molecule has 0 unspecified atom stereocenters. The molecule has 0 amide bonds. The zero-order valence-electron chi connectivity index (χ0n) is 14.1. The molecule has 0 saturated heterocycles. The summed E-state index contributed by atoms with van der Waals surface area (Å²) in [5.74, 6) is -0.404. The van der Waals surface area contributed by atoms with Gasteiger partial charge >= 0.3 is 6.18 Å². The Kier molecular flexibility index (Phi) is 4.39. The Morgan fingerprint density at radius 1 is 1.00 bits per heavy atom. The summed E-state index contributed by atoms with van der Waals surface area (Å²) < 4.78 is 39.6. The van der Waals surface area contributed by atoms with Crippen molar-refractivity contribution in [3.63, 3.8) is 0 Å². The van der Waals surface area contributed by atoms with E-state index in [1.165, 1.54) is 29.1 Å². The lowest BCUT2D eigenvalue weighted by Crippen LogP contribution is -2.13. The normalized spacial score (nSPS) is 11.7. The summed E-state index contributed by atoms with van der Waals surface area (Å²) in [5.41, 5.74) is 0.716.